The zero-order chi connectivity index (χ0) is 25.0. The highest BCUT2D eigenvalue weighted by Crippen LogP contribution is 2.43. The Bertz CT molecular complexity index is 1290. The summed E-state index contributed by atoms with van der Waals surface area (Å²) in [6, 6.07) is 5.79. The Morgan fingerprint density at radius 3 is 2.46 bits per heavy atom. The van der Waals surface area contributed by atoms with E-state index in [1.54, 1.807) is 7.05 Å². The number of benzene rings is 1. The van der Waals surface area contributed by atoms with Gasteiger partial charge in [0.25, 0.3) is 0 Å². The summed E-state index contributed by atoms with van der Waals surface area (Å²) in [5, 5.41) is 17.9. The van der Waals surface area contributed by atoms with Crippen molar-refractivity contribution in [3.05, 3.63) is 46.3 Å². The van der Waals surface area contributed by atoms with E-state index in [1.807, 2.05) is 18.2 Å². The first-order valence-electron chi connectivity index (χ1n) is 12.0. The van der Waals surface area contributed by atoms with Gasteiger partial charge in [-0.25, -0.2) is 14.2 Å². The highest BCUT2D eigenvalue weighted by Gasteiger charge is 2.38. The summed E-state index contributed by atoms with van der Waals surface area (Å²) in [6.45, 7) is 8.60. The standard InChI is InChI=1S/C24H32FN9O/c1-23(2)11-16(12-24(3,4)30-23)27-20-18(25)13-26-21(29-20)28-15-8-9-17(14-6-7-14)19(10-15)34-22(35)33(5)31-32-34/h8-10,13-14,16,30H,6-7,11-12H2,1-5H3,(H2,26,27,28,29). The monoisotopic (exact) mass is 481 g/mol. The average molecular weight is 482 g/mol. The smallest absolute Gasteiger partial charge is 0.365 e. The van der Waals surface area contributed by atoms with Crippen LogP contribution in [0, 0.1) is 5.82 Å². The van der Waals surface area contributed by atoms with Gasteiger partial charge in [0.1, 0.15) is 0 Å². The fourth-order valence-electron chi connectivity index (χ4n) is 5.28. The zero-order valence-corrected chi connectivity index (χ0v) is 20.8. The summed E-state index contributed by atoms with van der Waals surface area (Å²) >= 11 is 0. The van der Waals surface area contributed by atoms with Crippen LogP contribution in [-0.4, -0.2) is 46.9 Å². The van der Waals surface area contributed by atoms with Crippen molar-refractivity contribution in [2.24, 2.45) is 7.05 Å². The largest absolute Gasteiger partial charge is 0.368 e. The van der Waals surface area contributed by atoms with E-state index in [1.165, 1.54) is 15.6 Å². The van der Waals surface area contributed by atoms with E-state index >= 15 is 0 Å². The Kier molecular flexibility index (Phi) is 5.62. The molecule has 2 aliphatic rings. The molecule has 0 amide bonds. The molecule has 1 aromatic carbocycles. The summed E-state index contributed by atoms with van der Waals surface area (Å²) in [5.74, 6) is 0.337. The molecule has 3 aromatic rings. The first-order chi connectivity index (χ1) is 16.5. The molecule has 0 atom stereocenters. The maximum absolute atomic E-state index is 14.6. The lowest BCUT2D eigenvalue weighted by Crippen LogP contribution is -2.60. The van der Waals surface area contributed by atoms with E-state index in [0.29, 0.717) is 17.3 Å². The van der Waals surface area contributed by atoms with Crippen LogP contribution in [0.4, 0.5) is 21.8 Å². The van der Waals surface area contributed by atoms with Crippen LogP contribution in [0.2, 0.25) is 0 Å². The first kappa shape index (κ1) is 23.4. The molecule has 0 radical (unpaired) electrons. The minimum absolute atomic E-state index is 0.0615. The molecule has 35 heavy (non-hydrogen) atoms. The number of nitrogens with one attached hydrogen (secondary N) is 3. The Balaban J connectivity index is 1.40. The molecule has 1 aliphatic carbocycles. The maximum Gasteiger partial charge on any atom is 0.368 e. The molecule has 2 aromatic heterocycles. The molecule has 1 saturated heterocycles. The highest BCUT2D eigenvalue weighted by atomic mass is 19.1. The Labute approximate surface area is 203 Å². The molecule has 3 N–H and O–H groups in total. The summed E-state index contributed by atoms with van der Waals surface area (Å²) in [4.78, 5) is 21.0. The van der Waals surface area contributed by atoms with E-state index in [2.05, 4.69) is 64.0 Å². The van der Waals surface area contributed by atoms with Crippen molar-refractivity contribution in [3.63, 3.8) is 0 Å². The van der Waals surface area contributed by atoms with Crippen LogP contribution in [0.25, 0.3) is 5.69 Å². The van der Waals surface area contributed by atoms with Crippen LogP contribution >= 0.6 is 0 Å². The molecule has 2 fully saturated rings. The number of halogens is 1. The maximum atomic E-state index is 14.6. The number of piperidine rings is 1. The van der Waals surface area contributed by atoms with Gasteiger partial charge in [-0.15, -0.1) is 0 Å². The van der Waals surface area contributed by atoms with Gasteiger partial charge < -0.3 is 16.0 Å². The van der Waals surface area contributed by atoms with Gasteiger partial charge in [-0.1, -0.05) is 6.07 Å². The minimum Gasteiger partial charge on any atom is -0.365 e. The van der Waals surface area contributed by atoms with Crippen molar-refractivity contribution < 1.29 is 4.39 Å². The van der Waals surface area contributed by atoms with E-state index in [4.69, 9.17) is 0 Å². The number of aromatic nitrogens is 6. The topological polar surface area (TPSA) is 115 Å². The van der Waals surface area contributed by atoms with Gasteiger partial charge in [-0.2, -0.15) is 14.3 Å². The lowest BCUT2D eigenvalue weighted by atomic mass is 9.79. The van der Waals surface area contributed by atoms with Crippen molar-refractivity contribution in [3.8, 4) is 5.69 Å². The molecule has 3 heterocycles. The van der Waals surface area contributed by atoms with Gasteiger partial charge in [-0.3, -0.25) is 0 Å². The third-order valence-electron chi connectivity index (χ3n) is 6.53. The highest BCUT2D eigenvalue weighted by molar-refractivity contribution is 5.61. The predicted octanol–water partition coefficient (Wildman–Crippen LogP) is 3.24. The number of aryl methyl sites for hydroxylation is 1. The molecule has 1 aliphatic heterocycles. The molecule has 11 heteroatoms. The second kappa shape index (κ2) is 8.40. The van der Waals surface area contributed by atoms with Crippen molar-refractivity contribution in [1.29, 1.82) is 0 Å². The lowest BCUT2D eigenvalue weighted by molar-refractivity contribution is 0.170. The van der Waals surface area contributed by atoms with Gasteiger partial charge in [-0.05, 0) is 87.4 Å². The summed E-state index contributed by atoms with van der Waals surface area (Å²) in [5.41, 5.74) is 1.92. The number of hydrogen-bond donors (Lipinski definition) is 3. The van der Waals surface area contributed by atoms with Crippen LogP contribution in [0.15, 0.2) is 29.2 Å². The average Bonchev–Trinajstić information content (AvgIpc) is 3.54. The van der Waals surface area contributed by atoms with Gasteiger partial charge in [0, 0.05) is 29.9 Å². The fourth-order valence-corrected chi connectivity index (χ4v) is 5.28. The van der Waals surface area contributed by atoms with Gasteiger partial charge in [0.2, 0.25) is 5.95 Å². The molecule has 0 unspecified atom stereocenters. The third-order valence-corrected chi connectivity index (χ3v) is 6.53. The minimum atomic E-state index is -0.499. The third kappa shape index (κ3) is 5.04. The molecule has 5 rings (SSSR count). The van der Waals surface area contributed by atoms with Crippen LogP contribution in [-0.2, 0) is 7.05 Å². The normalized spacial score (nSPS) is 19.5. The number of hydrogen-bond acceptors (Lipinski definition) is 8. The van der Waals surface area contributed by atoms with Crippen LogP contribution < -0.4 is 21.6 Å². The quantitative estimate of drug-likeness (QED) is 0.492. The Morgan fingerprint density at radius 1 is 1.11 bits per heavy atom. The molecule has 0 spiro atoms. The van der Waals surface area contributed by atoms with Gasteiger partial charge in [0.15, 0.2) is 11.6 Å². The Hall–Kier alpha value is -3.34. The van der Waals surface area contributed by atoms with E-state index < -0.39 is 5.82 Å². The number of anilines is 3. The van der Waals surface area contributed by atoms with E-state index in [0.717, 1.165) is 31.2 Å². The number of rotatable bonds is 6. The van der Waals surface area contributed by atoms with Crippen LogP contribution in [0.1, 0.15) is 64.9 Å². The van der Waals surface area contributed by atoms with Crippen molar-refractivity contribution in [1.82, 2.24) is 35.1 Å². The summed E-state index contributed by atoms with van der Waals surface area (Å²) in [6.07, 6.45) is 5.00. The van der Waals surface area contributed by atoms with Crippen LogP contribution in [0.5, 0.6) is 0 Å². The molecule has 1 saturated carbocycles. The molecule has 10 nitrogen and oxygen atoms in total. The fraction of sp³-hybridized carbons (Fsp3) is 0.542. The van der Waals surface area contributed by atoms with Crippen molar-refractivity contribution >= 4 is 17.5 Å². The van der Waals surface area contributed by atoms with E-state index in [9.17, 15) is 9.18 Å². The SMILES string of the molecule is Cn1nnn(-c2cc(Nc3ncc(F)c(NC4CC(C)(C)NC(C)(C)C4)n3)ccc2C2CC2)c1=O. The lowest BCUT2D eigenvalue weighted by Gasteiger charge is -2.46. The van der Waals surface area contributed by atoms with Crippen LogP contribution in [0.3, 0.4) is 0 Å². The number of nitrogens with zero attached hydrogens (tertiary/aromatic N) is 6. The van der Waals surface area contributed by atoms with E-state index in [-0.39, 0.29) is 34.6 Å². The predicted molar refractivity (Wildman–Crippen MR) is 132 cm³/mol. The summed E-state index contributed by atoms with van der Waals surface area (Å²) in [7, 11) is 1.57. The van der Waals surface area contributed by atoms with Gasteiger partial charge >= 0.3 is 5.69 Å². The molecule has 0 bridgehead atoms. The van der Waals surface area contributed by atoms with Crippen molar-refractivity contribution in [2.45, 2.75) is 76.4 Å². The summed E-state index contributed by atoms with van der Waals surface area (Å²) < 4.78 is 17.1. The number of tetrazole rings is 1. The Morgan fingerprint density at radius 2 is 1.83 bits per heavy atom. The second-order valence-electron chi connectivity index (χ2n) is 11.0. The zero-order valence-electron chi connectivity index (χ0n) is 20.8. The molecule has 186 valence electrons. The van der Waals surface area contributed by atoms with Gasteiger partial charge in [0.05, 0.1) is 11.9 Å². The molecular weight excluding hydrogens is 449 g/mol. The van der Waals surface area contributed by atoms with Crippen molar-refractivity contribution in [2.75, 3.05) is 10.6 Å². The molecular formula is C24H32FN9O. The second-order valence-corrected chi connectivity index (χ2v) is 11.0. The first-order valence-corrected chi connectivity index (χ1v) is 12.0.